The molecule has 0 atom stereocenters. The molecule has 4 heteroatoms. The molecule has 2 N–H and O–H groups in total. The highest BCUT2D eigenvalue weighted by Gasteiger charge is 2.05. The van der Waals surface area contributed by atoms with E-state index in [-0.39, 0.29) is 5.56 Å². The number of carboxylic acids is 1. The van der Waals surface area contributed by atoms with Crippen LogP contribution >= 0.6 is 0 Å². The third kappa shape index (κ3) is 3.31. The van der Waals surface area contributed by atoms with Crippen molar-refractivity contribution < 1.29 is 9.90 Å². The molecular formula is C13H16N2O2. The van der Waals surface area contributed by atoms with Crippen molar-refractivity contribution in [3.63, 3.8) is 0 Å². The molecule has 0 bridgehead atoms. The van der Waals surface area contributed by atoms with Crippen LogP contribution in [0, 0.1) is 0 Å². The van der Waals surface area contributed by atoms with Gasteiger partial charge in [0, 0.05) is 12.7 Å². The zero-order valence-corrected chi connectivity index (χ0v) is 9.65. The largest absolute Gasteiger partial charge is 0.478 e. The highest BCUT2D eigenvalue weighted by Crippen LogP contribution is 2.20. The van der Waals surface area contributed by atoms with E-state index in [0.717, 1.165) is 13.0 Å². The summed E-state index contributed by atoms with van der Waals surface area (Å²) in [6.45, 7) is 0.807. The average molecular weight is 232 g/mol. The lowest BCUT2D eigenvalue weighted by molar-refractivity contribution is 0.0697. The number of carboxylic acid groups (broad SMARTS) is 1. The summed E-state index contributed by atoms with van der Waals surface area (Å²) in [6, 6.07) is 3.05. The van der Waals surface area contributed by atoms with E-state index in [9.17, 15) is 4.79 Å². The van der Waals surface area contributed by atoms with Gasteiger partial charge in [0.05, 0.1) is 5.56 Å². The van der Waals surface area contributed by atoms with E-state index >= 15 is 0 Å². The minimum Gasteiger partial charge on any atom is -0.478 e. The van der Waals surface area contributed by atoms with Gasteiger partial charge in [-0.15, -0.1) is 0 Å². The van der Waals surface area contributed by atoms with Gasteiger partial charge in [-0.3, -0.25) is 0 Å². The van der Waals surface area contributed by atoms with E-state index in [1.807, 2.05) is 0 Å². The van der Waals surface area contributed by atoms with Crippen molar-refractivity contribution in [2.45, 2.75) is 25.7 Å². The molecule has 0 unspecified atom stereocenters. The first kappa shape index (κ1) is 11.6. The predicted molar refractivity (Wildman–Crippen MR) is 66.2 cm³/mol. The number of allylic oxidation sites excluding steroid dienone is 1. The molecule has 1 aromatic rings. The van der Waals surface area contributed by atoms with Crippen molar-refractivity contribution in [3.05, 3.63) is 35.5 Å². The smallest absolute Gasteiger partial charge is 0.335 e. The van der Waals surface area contributed by atoms with Crippen LogP contribution < -0.4 is 5.32 Å². The lowest BCUT2D eigenvalue weighted by atomic mass is 10.2. The first-order chi connectivity index (χ1) is 8.25. The minimum atomic E-state index is -0.922. The summed E-state index contributed by atoms with van der Waals surface area (Å²) in [4.78, 5) is 14.9. The maximum Gasteiger partial charge on any atom is 0.335 e. The number of hydrogen-bond acceptors (Lipinski definition) is 3. The lowest BCUT2D eigenvalue weighted by Crippen LogP contribution is -2.05. The zero-order chi connectivity index (χ0) is 12.1. The number of pyridine rings is 1. The number of hydrogen-bond donors (Lipinski definition) is 2. The molecule has 0 aromatic carbocycles. The second-order valence-corrected chi connectivity index (χ2v) is 4.17. The summed E-state index contributed by atoms with van der Waals surface area (Å²) in [6.07, 6.45) is 8.48. The number of rotatable bonds is 5. The predicted octanol–water partition coefficient (Wildman–Crippen LogP) is 2.69. The van der Waals surface area contributed by atoms with Crippen molar-refractivity contribution >= 4 is 11.8 Å². The van der Waals surface area contributed by atoms with Gasteiger partial charge >= 0.3 is 5.97 Å². The molecule has 4 nitrogen and oxygen atoms in total. The first-order valence-corrected chi connectivity index (χ1v) is 5.87. The second-order valence-electron chi connectivity index (χ2n) is 4.17. The van der Waals surface area contributed by atoms with E-state index in [2.05, 4.69) is 16.4 Å². The molecule has 0 saturated heterocycles. The molecule has 2 rings (SSSR count). The highest BCUT2D eigenvalue weighted by atomic mass is 16.4. The second kappa shape index (κ2) is 5.48. The van der Waals surface area contributed by atoms with Gasteiger partial charge in [0.1, 0.15) is 5.82 Å². The normalized spacial score (nSPS) is 14.5. The molecule has 0 aliphatic heterocycles. The van der Waals surface area contributed by atoms with Crippen molar-refractivity contribution in [1.29, 1.82) is 0 Å². The molecule has 0 saturated carbocycles. The fraction of sp³-hybridized carbons (Fsp3) is 0.385. The standard InChI is InChI=1S/C13H16N2O2/c16-13(17)11-6-8-15-12(9-11)14-7-5-10-3-1-2-4-10/h3,6,8-9H,1-2,4-5,7H2,(H,14,15)(H,16,17). The third-order valence-corrected chi connectivity index (χ3v) is 2.89. The van der Waals surface area contributed by atoms with Gasteiger partial charge < -0.3 is 10.4 Å². The van der Waals surface area contributed by atoms with E-state index in [1.165, 1.54) is 37.1 Å². The summed E-state index contributed by atoms with van der Waals surface area (Å²) in [7, 11) is 0. The van der Waals surface area contributed by atoms with Gasteiger partial charge in [-0.25, -0.2) is 9.78 Å². The van der Waals surface area contributed by atoms with Crippen LogP contribution in [0.25, 0.3) is 0 Å². The first-order valence-electron chi connectivity index (χ1n) is 5.87. The molecule has 0 fully saturated rings. The minimum absolute atomic E-state index is 0.266. The Morgan fingerprint density at radius 3 is 3.12 bits per heavy atom. The van der Waals surface area contributed by atoms with Crippen LogP contribution in [-0.4, -0.2) is 22.6 Å². The Balaban J connectivity index is 1.86. The molecule has 17 heavy (non-hydrogen) atoms. The van der Waals surface area contributed by atoms with Gasteiger partial charge in [0.15, 0.2) is 0 Å². The van der Waals surface area contributed by atoms with E-state index in [0.29, 0.717) is 5.82 Å². The Kier molecular flexibility index (Phi) is 3.75. The van der Waals surface area contributed by atoms with Crippen LogP contribution in [0.4, 0.5) is 5.82 Å². The number of anilines is 1. The van der Waals surface area contributed by atoms with Crippen molar-refractivity contribution in [2.75, 3.05) is 11.9 Å². The maximum absolute atomic E-state index is 10.8. The fourth-order valence-corrected chi connectivity index (χ4v) is 1.98. The van der Waals surface area contributed by atoms with Crippen LogP contribution in [0.5, 0.6) is 0 Å². The van der Waals surface area contributed by atoms with E-state index < -0.39 is 5.97 Å². The van der Waals surface area contributed by atoms with Crippen LogP contribution in [0.3, 0.4) is 0 Å². The number of aromatic nitrogens is 1. The van der Waals surface area contributed by atoms with Crippen LogP contribution in [-0.2, 0) is 0 Å². The summed E-state index contributed by atoms with van der Waals surface area (Å²) in [5.41, 5.74) is 1.76. The molecular weight excluding hydrogens is 216 g/mol. The summed E-state index contributed by atoms with van der Waals surface area (Å²) in [5.74, 6) is -0.294. The number of aromatic carboxylic acids is 1. The van der Waals surface area contributed by atoms with Gasteiger partial charge in [-0.2, -0.15) is 0 Å². The van der Waals surface area contributed by atoms with Gasteiger partial charge in [-0.05, 0) is 37.8 Å². The van der Waals surface area contributed by atoms with Gasteiger partial charge in [-0.1, -0.05) is 11.6 Å². The molecule has 1 aliphatic carbocycles. The van der Waals surface area contributed by atoms with Crippen molar-refractivity contribution in [1.82, 2.24) is 4.98 Å². The zero-order valence-electron chi connectivity index (χ0n) is 9.65. The van der Waals surface area contributed by atoms with E-state index in [4.69, 9.17) is 5.11 Å². The lowest BCUT2D eigenvalue weighted by Gasteiger charge is -2.06. The quantitative estimate of drug-likeness (QED) is 0.766. The topological polar surface area (TPSA) is 62.2 Å². The number of carbonyl (C=O) groups is 1. The Morgan fingerprint density at radius 2 is 2.41 bits per heavy atom. The Labute approximate surface area is 100 Å². The maximum atomic E-state index is 10.8. The molecule has 90 valence electrons. The van der Waals surface area contributed by atoms with Crippen molar-refractivity contribution in [3.8, 4) is 0 Å². The van der Waals surface area contributed by atoms with E-state index in [1.54, 1.807) is 6.07 Å². The average Bonchev–Trinajstić information content (AvgIpc) is 2.82. The summed E-state index contributed by atoms with van der Waals surface area (Å²) < 4.78 is 0. The Hall–Kier alpha value is -1.84. The van der Waals surface area contributed by atoms with Gasteiger partial charge in [0.25, 0.3) is 0 Å². The van der Waals surface area contributed by atoms with Crippen LogP contribution in [0.2, 0.25) is 0 Å². The van der Waals surface area contributed by atoms with Gasteiger partial charge in [0.2, 0.25) is 0 Å². The van der Waals surface area contributed by atoms with Crippen LogP contribution in [0.1, 0.15) is 36.0 Å². The highest BCUT2D eigenvalue weighted by molar-refractivity contribution is 5.88. The summed E-state index contributed by atoms with van der Waals surface area (Å²) >= 11 is 0. The molecule has 1 aliphatic rings. The van der Waals surface area contributed by atoms with Crippen LogP contribution in [0.15, 0.2) is 30.0 Å². The molecule has 0 radical (unpaired) electrons. The SMILES string of the molecule is O=C(O)c1ccnc(NCCC2=CCCC2)c1. The number of nitrogens with zero attached hydrogens (tertiary/aromatic N) is 1. The Morgan fingerprint density at radius 1 is 1.53 bits per heavy atom. The monoisotopic (exact) mass is 232 g/mol. The summed E-state index contributed by atoms with van der Waals surface area (Å²) in [5, 5.41) is 12.0. The Bertz CT molecular complexity index is 441. The molecule has 0 amide bonds. The molecule has 1 heterocycles. The molecule has 0 spiro atoms. The molecule has 1 aromatic heterocycles. The fourth-order valence-electron chi connectivity index (χ4n) is 1.98. The van der Waals surface area contributed by atoms with Crippen molar-refractivity contribution in [2.24, 2.45) is 0 Å². The number of nitrogens with one attached hydrogen (secondary N) is 1. The third-order valence-electron chi connectivity index (χ3n) is 2.89.